The minimum atomic E-state index is -0.428. The molecule has 1 aliphatic heterocycles. The van der Waals surface area contributed by atoms with Crippen molar-refractivity contribution < 1.29 is 14.4 Å². The van der Waals surface area contributed by atoms with Gasteiger partial charge >= 0.3 is 0 Å². The predicted octanol–water partition coefficient (Wildman–Crippen LogP) is 1.28. The Labute approximate surface area is 74.8 Å². The van der Waals surface area contributed by atoms with E-state index in [0.29, 0.717) is 12.2 Å². The highest BCUT2D eigenvalue weighted by Gasteiger charge is 2.18. The third-order valence-electron chi connectivity index (χ3n) is 1.78. The fourth-order valence-corrected chi connectivity index (χ4v) is 1.19. The van der Waals surface area contributed by atoms with Gasteiger partial charge in [-0.3, -0.25) is 4.79 Å². The highest BCUT2D eigenvalue weighted by molar-refractivity contribution is 5.70. The van der Waals surface area contributed by atoms with Gasteiger partial charge in [0.1, 0.15) is 0 Å². The number of nitrogens with zero attached hydrogens (tertiary/aromatic N) is 1. The van der Waals surface area contributed by atoms with E-state index in [1.165, 1.54) is 6.21 Å². The van der Waals surface area contributed by atoms with E-state index in [1.54, 1.807) is 6.07 Å². The Morgan fingerprint density at radius 1 is 1.46 bits per heavy atom. The fraction of sp³-hybridized carbons (Fsp3) is 0.111. The molecule has 0 bridgehead atoms. The van der Waals surface area contributed by atoms with Crippen LogP contribution in [0.5, 0.6) is 5.75 Å². The van der Waals surface area contributed by atoms with Crippen LogP contribution in [-0.2, 0) is 9.53 Å². The van der Waals surface area contributed by atoms with Crippen LogP contribution >= 0.6 is 0 Å². The Hall–Kier alpha value is -1.84. The molecule has 66 valence electrons. The zero-order valence-electron chi connectivity index (χ0n) is 6.71. The molecule has 0 spiro atoms. The van der Waals surface area contributed by atoms with Crippen LogP contribution in [0.1, 0.15) is 11.7 Å². The molecule has 1 unspecified atom stereocenters. The van der Waals surface area contributed by atoms with Gasteiger partial charge in [0.15, 0.2) is 11.9 Å². The number of carbonyl (C=O) groups excluding carboxylic acids is 1. The second-order valence-corrected chi connectivity index (χ2v) is 2.54. The number of fused-ring (bicyclic) bond motifs is 1. The summed E-state index contributed by atoms with van der Waals surface area (Å²) < 4.78 is 4.80. The van der Waals surface area contributed by atoms with Crippen molar-refractivity contribution in [2.24, 2.45) is 5.16 Å². The van der Waals surface area contributed by atoms with E-state index in [4.69, 9.17) is 9.57 Å². The van der Waals surface area contributed by atoms with Gasteiger partial charge in [-0.1, -0.05) is 23.4 Å². The highest BCUT2D eigenvalue weighted by Crippen LogP contribution is 2.28. The van der Waals surface area contributed by atoms with Gasteiger partial charge in [-0.2, -0.15) is 0 Å². The lowest BCUT2D eigenvalue weighted by Crippen LogP contribution is -2.11. The molecule has 1 atom stereocenters. The van der Waals surface area contributed by atoms with Gasteiger partial charge in [-0.05, 0) is 6.07 Å². The first-order chi connectivity index (χ1) is 6.42. The smallest absolute Gasteiger partial charge is 0.294 e. The van der Waals surface area contributed by atoms with E-state index in [-0.39, 0.29) is 0 Å². The largest absolute Gasteiger partial charge is 0.453 e. The van der Waals surface area contributed by atoms with E-state index in [2.05, 4.69) is 5.16 Å². The van der Waals surface area contributed by atoms with E-state index in [9.17, 15) is 4.79 Å². The fourth-order valence-electron chi connectivity index (χ4n) is 1.19. The van der Waals surface area contributed by atoms with E-state index in [0.717, 1.165) is 5.56 Å². The number of ether oxygens (including phenoxy) is 1. The minimum absolute atomic E-state index is 0.402. The summed E-state index contributed by atoms with van der Waals surface area (Å²) in [5.41, 5.74) is 0.810. The molecular formula is C9H7NO3. The molecule has 1 aromatic rings. The standard InChI is InChI=1S/C9H7NO3/c11-6-12-9-5-10-13-8-4-2-1-3-7(8)9/h1-6,9H. The van der Waals surface area contributed by atoms with E-state index < -0.39 is 6.10 Å². The summed E-state index contributed by atoms with van der Waals surface area (Å²) in [6.07, 6.45) is 1.01. The van der Waals surface area contributed by atoms with Crippen molar-refractivity contribution in [3.63, 3.8) is 0 Å². The van der Waals surface area contributed by atoms with Gasteiger partial charge in [-0.15, -0.1) is 0 Å². The molecule has 0 N–H and O–H groups in total. The van der Waals surface area contributed by atoms with Crippen molar-refractivity contribution >= 4 is 12.7 Å². The number of carbonyl (C=O) groups is 1. The molecule has 0 saturated heterocycles. The molecule has 0 radical (unpaired) electrons. The second kappa shape index (κ2) is 3.26. The number of rotatable bonds is 2. The van der Waals surface area contributed by atoms with Crippen molar-refractivity contribution in [1.29, 1.82) is 0 Å². The average molecular weight is 177 g/mol. The molecular weight excluding hydrogens is 170 g/mol. The summed E-state index contributed by atoms with van der Waals surface area (Å²) in [6.45, 7) is 0.402. The van der Waals surface area contributed by atoms with Crippen LogP contribution in [0.4, 0.5) is 0 Å². The van der Waals surface area contributed by atoms with Crippen LogP contribution in [0.2, 0.25) is 0 Å². The summed E-state index contributed by atoms with van der Waals surface area (Å²) in [7, 11) is 0. The normalized spacial score (nSPS) is 18.6. The van der Waals surface area contributed by atoms with Gasteiger partial charge in [0.2, 0.25) is 0 Å². The maximum Gasteiger partial charge on any atom is 0.294 e. The Morgan fingerprint density at radius 3 is 3.15 bits per heavy atom. The number of hydrogen-bond acceptors (Lipinski definition) is 4. The molecule has 0 amide bonds. The quantitative estimate of drug-likeness (QED) is 0.639. The summed E-state index contributed by atoms with van der Waals surface area (Å²) in [4.78, 5) is 15.1. The zero-order chi connectivity index (χ0) is 9.10. The molecule has 0 aromatic heterocycles. The minimum Gasteiger partial charge on any atom is -0.453 e. The molecule has 1 heterocycles. The predicted molar refractivity (Wildman–Crippen MR) is 45.5 cm³/mol. The lowest BCUT2D eigenvalue weighted by Gasteiger charge is -2.16. The first kappa shape index (κ1) is 7.79. The Balaban J connectivity index is 2.36. The Morgan fingerprint density at radius 2 is 2.31 bits per heavy atom. The van der Waals surface area contributed by atoms with Crippen molar-refractivity contribution in [3.8, 4) is 5.75 Å². The van der Waals surface area contributed by atoms with Gasteiger partial charge in [0.25, 0.3) is 6.47 Å². The van der Waals surface area contributed by atoms with Crippen molar-refractivity contribution in [1.82, 2.24) is 0 Å². The number of para-hydroxylation sites is 1. The number of hydrogen-bond donors (Lipinski definition) is 0. The van der Waals surface area contributed by atoms with Gasteiger partial charge in [0.05, 0.1) is 6.21 Å². The summed E-state index contributed by atoms with van der Waals surface area (Å²) in [5.74, 6) is 0.622. The molecule has 0 saturated carbocycles. The lowest BCUT2D eigenvalue weighted by molar-refractivity contribution is -0.131. The third kappa shape index (κ3) is 1.38. The van der Waals surface area contributed by atoms with Gasteiger partial charge in [0, 0.05) is 5.56 Å². The lowest BCUT2D eigenvalue weighted by atomic mass is 10.1. The molecule has 0 fully saturated rings. The van der Waals surface area contributed by atoms with Crippen LogP contribution in [0.15, 0.2) is 29.4 Å². The topological polar surface area (TPSA) is 47.9 Å². The van der Waals surface area contributed by atoms with E-state index in [1.807, 2.05) is 18.2 Å². The maximum absolute atomic E-state index is 10.2. The Kier molecular flexibility index (Phi) is 1.96. The molecule has 4 heteroatoms. The van der Waals surface area contributed by atoms with Crippen LogP contribution in [0.3, 0.4) is 0 Å². The first-order valence-corrected chi connectivity index (χ1v) is 3.80. The molecule has 4 nitrogen and oxygen atoms in total. The van der Waals surface area contributed by atoms with Crippen molar-refractivity contribution in [3.05, 3.63) is 29.8 Å². The number of benzene rings is 1. The molecule has 1 aliphatic rings. The average Bonchev–Trinajstić information content (AvgIpc) is 2.19. The van der Waals surface area contributed by atoms with Crippen LogP contribution < -0.4 is 4.84 Å². The van der Waals surface area contributed by atoms with Crippen molar-refractivity contribution in [2.75, 3.05) is 0 Å². The molecule has 1 aromatic carbocycles. The molecule has 13 heavy (non-hydrogen) atoms. The molecule has 0 aliphatic carbocycles. The molecule has 2 rings (SSSR count). The summed E-state index contributed by atoms with van der Waals surface area (Å²) >= 11 is 0. The first-order valence-electron chi connectivity index (χ1n) is 3.80. The van der Waals surface area contributed by atoms with Crippen LogP contribution in [0.25, 0.3) is 0 Å². The zero-order valence-corrected chi connectivity index (χ0v) is 6.71. The van der Waals surface area contributed by atoms with Crippen LogP contribution in [-0.4, -0.2) is 12.7 Å². The van der Waals surface area contributed by atoms with E-state index >= 15 is 0 Å². The second-order valence-electron chi connectivity index (χ2n) is 2.54. The summed E-state index contributed by atoms with van der Waals surface area (Å²) in [6, 6.07) is 7.28. The monoisotopic (exact) mass is 177 g/mol. The van der Waals surface area contributed by atoms with Crippen molar-refractivity contribution in [2.45, 2.75) is 6.10 Å². The Bertz CT molecular complexity index is 348. The van der Waals surface area contributed by atoms with Gasteiger partial charge < -0.3 is 9.57 Å². The van der Waals surface area contributed by atoms with Crippen LogP contribution in [0, 0.1) is 0 Å². The third-order valence-corrected chi connectivity index (χ3v) is 1.78. The SMILES string of the molecule is O=COC1C=NOc2ccccc21. The summed E-state index contributed by atoms with van der Waals surface area (Å²) in [5, 5.41) is 3.61. The van der Waals surface area contributed by atoms with Gasteiger partial charge in [-0.25, -0.2) is 0 Å². The highest BCUT2D eigenvalue weighted by atomic mass is 16.6. The maximum atomic E-state index is 10.2. The number of oxime groups is 1.